The minimum atomic E-state index is -2.17. The zero-order chi connectivity index (χ0) is 89.8. The fourth-order valence-electron chi connectivity index (χ4n) is 14.0. The van der Waals surface area contributed by atoms with Crippen LogP contribution in [0.4, 0.5) is 19.7 Å². The average Bonchev–Trinajstić information content (AvgIpc) is 1.56. The van der Waals surface area contributed by atoms with Crippen LogP contribution in [0.15, 0.2) is 122 Å². The fraction of sp³-hybridized carbons (Fsp3) is 0.400. The normalized spacial score (nSPS) is 17.1. The lowest BCUT2D eigenvalue weighted by Crippen LogP contribution is -2.64. The molecule has 1 unspecified atom stereocenters. The Bertz CT molecular complexity index is 5230. The Morgan fingerprint density at radius 3 is 2.11 bits per heavy atom. The monoisotopic (exact) mass is 1750 g/mol. The fourth-order valence-corrected chi connectivity index (χ4v) is 15.4. The van der Waals surface area contributed by atoms with Gasteiger partial charge >= 0.3 is 47.9 Å². The van der Waals surface area contributed by atoms with Gasteiger partial charge in [-0.3, -0.25) is 33.7 Å². The molecule has 36 nitrogen and oxygen atoms in total. The van der Waals surface area contributed by atoms with Crippen LogP contribution in [0, 0.1) is 18.7 Å². The molecule has 2 aliphatic heterocycles. The van der Waals surface area contributed by atoms with E-state index in [0.717, 1.165) is 27.9 Å². The smallest absolute Gasteiger partial charge is 0.410 e. The van der Waals surface area contributed by atoms with Gasteiger partial charge in [-0.15, -0.1) is 11.3 Å². The number of urea groups is 1. The first-order chi connectivity index (χ1) is 59.1. The number of quaternary nitrogens is 1. The minimum Gasteiger partial charge on any atom is -0.496 e. The Morgan fingerprint density at radius 1 is 0.758 bits per heavy atom. The van der Waals surface area contributed by atoms with Crippen LogP contribution in [0.3, 0.4) is 0 Å². The first-order valence-corrected chi connectivity index (χ1v) is 40.6. The minimum absolute atomic E-state index is 0.0171. The van der Waals surface area contributed by atoms with E-state index in [1.165, 1.54) is 41.7 Å². The summed E-state index contributed by atoms with van der Waals surface area (Å²) in [5.41, 5.74) is 17.0. The number of aromatic nitrogens is 4. The number of methoxy groups -OCH3 is 2. The molecule has 10 rings (SSSR count). The van der Waals surface area contributed by atoms with Crippen molar-refractivity contribution < 1.29 is 119 Å². The van der Waals surface area contributed by atoms with Crippen LogP contribution in [0.2, 0.25) is 5.02 Å². The summed E-state index contributed by atoms with van der Waals surface area (Å²) in [6.07, 6.45) is -10.8. The van der Waals surface area contributed by atoms with E-state index in [1.807, 2.05) is 37.3 Å². The van der Waals surface area contributed by atoms with E-state index >= 15 is 0 Å². The molecule has 0 saturated carbocycles. The highest BCUT2D eigenvalue weighted by atomic mass is 35.5. The van der Waals surface area contributed by atoms with E-state index in [4.69, 9.17) is 75.4 Å². The number of nitrogens with two attached hydrogens (primary N) is 2. The topological polar surface area (TPSA) is 479 Å². The van der Waals surface area contributed by atoms with Crippen molar-refractivity contribution in [3.8, 4) is 56.1 Å². The summed E-state index contributed by atoms with van der Waals surface area (Å²) in [6.45, 7) is 11.4. The SMILES string of the molecule is COC(=O)[C@H]1OC(OC(=O)N[C@@H](CC(=O)N(C)Cc2cc(NC(=O)[C@H](CCCNC(N)=O)NC(=O)[C@@H](N)C(C)C)ccc2C[N+]2(C)CCN(CCOc3ccc(-c4c(-c5ccc(F)cc5)sc5ncnc(O[C@H](Cc6ccccc6OCc6ccnc(-c7ccccc7OC)n6)C(=O)O)c45)c(C)c3Cl)CC2)C(=O)O)[C@H](OC(C)=O)[C@@H](OC(C)=O)[C@@H]1OC(C)=O. The number of carbonyl (C=O) groups excluding carboxylic acids is 9. The van der Waals surface area contributed by atoms with Crippen LogP contribution >= 0.6 is 22.9 Å². The molecule has 660 valence electrons. The van der Waals surface area contributed by atoms with Crippen molar-refractivity contribution in [1.29, 1.82) is 0 Å². The third-order valence-electron chi connectivity index (χ3n) is 20.6. The van der Waals surface area contributed by atoms with Gasteiger partial charge in [0.05, 0.1) is 68.5 Å². The molecule has 0 bridgehead atoms. The first kappa shape index (κ1) is 93.5. The lowest BCUT2D eigenvalue weighted by atomic mass is 9.96. The summed E-state index contributed by atoms with van der Waals surface area (Å²) >= 11 is 8.58. The van der Waals surface area contributed by atoms with Crippen molar-refractivity contribution in [3.05, 3.63) is 161 Å². The Hall–Kier alpha value is -12.8. The molecule has 2 saturated heterocycles. The van der Waals surface area contributed by atoms with E-state index in [-0.39, 0.29) is 68.1 Å². The summed E-state index contributed by atoms with van der Waals surface area (Å²) in [7, 11) is 5.93. The van der Waals surface area contributed by atoms with Gasteiger partial charge in [0.25, 0.3) is 0 Å². The van der Waals surface area contributed by atoms with E-state index in [2.05, 4.69) is 48.2 Å². The maximum atomic E-state index is 14.6. The molecule has 9 atom stereocenters. The molecule has 3 aromatic heterocycles. The van der Waals surface area contributed by atoms with Crippen LogP contribution in [-0.2, 0) is 97.7 Å². The second-order valence-electron chi connectivity index (χ2n) is 30.1. The standard InChI is InChI=1S/C85H97ClFN13O23S/c1-45(2)69(88)77(106)96-59(18-15-30-91-84(89)112)76(105)95-55-26-23-52(53(38-55)41-98(7)65(104)40-60(80(107)108)97-85(113)123-83-73(120-49(6)103)71(119-48(5)102)70(118-47(4)101)72(122-83)82(111)115-10)42-100(8)35-32-99(33-36-100)34-37-116-63-28-27-57(46(3)68(63)86)66-67-78(92-44-93-79(67)124-74(66)50-21-24-54(87)25-22-50)121-64(81(109)110)39-51-16-11-13-19-61(51)117-43-56-29-31-90-75(94-56)58-17-12-14-20-62(58)114-9/h11-14,16-17,19-29,31,38,44-45,59-60,64,69-73,83H,15,18,30,32-37,39-43,88H2,1-10H3,(H7-,89,91,95,96,97,105,106,107,108,109,110,112,113)/p+1/t59-,60-,64+,69-,70-,71-,72-,73+,83?/m0/s1. The quantitative estimate of drug-likeness (QED) is 0.00796. The van der Waals surface area contributed by atoms with Crippen molar-refractivity contribution in [3.63, 3.8) is 0 Å². The molecule has 5 heterocycles. The van der Waals surface area contributed by atoms with Crippen molar-refractivity contribution in [2.45, 2.75) is 142 Å². The number of benzene rings is 5. The molecule has 5 aromatic carbocycles. The van der Waals surface area contributed by atoms with Gasteiger partial charge in [-0.1, -0.05) is 80.0 Å². The molecule has 0 radical (unpaired) electrons. The highest BCUT2D eigenvalue weighted by Gasteiger charge is 2.56. The van der Waals surface area contributed by atoms with Gasteiger partial charge in [0.2, 0.25) is 42.1 Å². The Kier molecular flexibility index (Phi) is 32.3. The summed E-state index contributed by atoms with van der Waals surface area (Å²) < 4.78 is 71.6. The van der Waals surface area contributed by atoms with Gasteiger partial charge in [-0.05, 0) is 108 Å². The van der Waals surface area contributed by atoms with E-state index in [1.54, 1.807) is 93.9 Å². The number of halogens is 2. The number of rotatable bonds is 38. The van der Waals surface area contributed by atoms with Gasteiger partial charge in [0, 0.05) is 94.9 Å². The number of fused-ring (bicyclic) bond motifs is 1. The molecule has 0 spiro atoms. The highest BCUT2D eigenvalue weighted by molar-refractivity contribution is 7.22. The largest absolute Gasteiger partial charge is 0.496 e. The number of hydrogen-bond donors (Lipinski definition) is 8. The van der Waals surface area contributed by atoms with Crippen LogP contribution in [0.25, 0.3) is 43.2 Å². The molecule has 10 N–H and O–H groups in total. The van der Waals surface area contributed by atoms with Crippen LogP contribution in [0.1, 0.15) is 81.8 Å². The number of aliphatic carboxylic acids is 2. The van der Waals surface area contributed by atoms with Crippen molar-refractivity contribution in [1.82, 2.24) is 45.7 Å². The summed E-state index contributed by atoms with van der Waals surface area (Å²) in [5.74, 6) is -8.41. The molecule has 8 aromatic rings. The number of nitrogens with one attached hydrogen (secondary N) is 4. The lowest BCUT2D eigenvalue weighted by Gasteiger charge is -2.42. The zero-order valence-electron chi connectivity index (χ0n) is 69.6. The third-order valence-corrected chi connectivity index (χ3v) is 22.2. The summed E-state index contributed by atoms with van der Waals surface area (Å²) in [5, 5.41) is 32.1. The number of carboxylic acid groups (broad SMARTS) is 2. The van der Waals surface area contributed by atoms with E-state index in [9.17, 15) is 67.3 Å². The van der Waals surface area contributed by atoms with E-state index < -0.39 is 133 Å². The van der Waals surface area contributed by atoms with Gasteiger partial charge < -0.3 is 99.7 Å². The van der Waals surface area contributed by atoms with E-state index in [0.29, 0.717) is 132 Å². The number of piperazine rings is 1. The Labute approximate surface area is 721 Å². The Morgan fingerprint density at radius 2 is 1.44 bits per heavy atom. The van der Waals surface area contributed by atoms with Crippen LogP contribution in [0.5, 0.6) is 23.1 Å². The number of ether oxygens (including phenoxy) is 10. The molecule has 6 amide bonds. The van der Waals surface area contributed by atoms with Crippen molar-refractivity contribution >= 4 is 105 Å². The summed E-state index contributed by atoms with van der Waals surface area (Å²) in [6, 6.07) is 25.6. The number of alkyl carbamates (subject to hydrolysis) is 1. The molecule has 124 heavy (non-hydrogen) atoms. The number of nitrogens with zero attached hydrogens (tertiary/aromatic N) is 7. The van der Waals surface area contributed by atoms with Crippen molar-refractivity contribution in [2.75, 3.05) is 79.5 Å². The highest BCUT2D eigenvalue weighted by Crippen LogP contribution is 2.50. The number of carboxylic acids is 2. The van der Waals surface area contributed by atoms with Crippen LogP contribution < -0.4 is 51.7 Å². The molecule has 2 aliphatic rings. The molecular formula is C85H98ClFN13O23S+. The summed E-state index contributed by atoms with van der Waals surface area (Å²) in [4.78, 5) is 166. The zero-order valence-corrected chi connectivity index (χ0v) is 71.2. The maximum Gasteiger partial charge on any atom is 0.410 e. The predicted octanol–water partition coefficient (Wildman–Crippen LogP) is 7.66. The lowest BCUT2D eigenvalue weighted by molar-refractivity contribution is -0.926. The average molecular weight is 1760 g/mol. The van der Waals surface area contributed by atoms with Gasteiger partial charge in [-0.25, -0.2) is 48.3 Å². The number of likely N-dealkylation sites (N-methyl/N-ethyl adjacent to an activating group) is 1. The number of carbonyl (C=O) groups is 11. The third kappa shape index (κ3) is 24.6. The second kappa shape index (κ2) is 42.8. The number of thiophene rings is 1. The number of primary amides is 1. The predicted molar refractivity (Wildman–Crippen MR) is 446 cm³/mol. The number of para-hydroxylation sites is 2. The molecule has 0 aliphatic carbocycles. The number of hydrogen-bond acceptors (Lipinski definition) is 28. The number of anilines is 1. The van der Waals surface area contributed by atoms with Gasteiger partial charge in [0.15, 0.2) is 24.1 Å². The number of amides is 6. The second-order valence-corrected chi connectivity index (χ2v) is 31.4. The van der Waals surface area contributed by atoms with Crippen LogP contribution in [-0.4, -0.2) is 239 Å². The molecule has 2 fully saturated rings. The molecule has 39 heteroatoms. The number of esters is 4. The molecular weight excluding hydrogens is 1660 g/mol. The first-order valence-electron chi connectivity index (χ1n) is 39.4. The van der Waals surface area contributed by atoms with Gasteiger partial charge in [0.1, 0.15) is 66.1 Å². The maximum absolute atomic E-state index is 14.6. The van der Waals surface area contributed by atoms with Crippen molar-refractivity contribution in [2.24, 2.45) is 17.4 Å². The van der Waals surface area contributed by atoms with Gasteiger partial charge in [-0.2, -0.15) is 0 Å². The Balaban J connectivity index is 0.841.